The summed E-state index contributed by atoms with van der Waals surface area (Å²) in [5.41, 5.74) is 0. The molecule has 1 N–H and O–H groups in total. The zero-order valence-corrected chi connectivity index (χ0v) is 7.98. The van der Waals surface area contributed by atoms with Gasteiger partial charge in [-0.15, -0.1) is 0 Å². The van der Waals surface area contributed by atoms with Gasteiger partial charge in [0.2, 0.25) is 0 Å². The molecule has 0 aliphatic heterocycles. The Morgan fingerprint density at radius 1 is 1.50 bits per heavy atom. The summed E-state index contributed by atoms with van der Waals surface area (Å²) in [6, 6.07) is 3.18. The number of carboxylic acids is 1. The molecular formula is C9H11NO4. The van der Waals surface area contributed by atoms with Gasteiger partial charge in [0.1, 0.15) is 12.3 Å². The second-order valence-corrected chi connectivity index (χ2v) is 2.97. The van der Waals surface area contributed by atoms with Crippen molar-refractivity contribution < 1.29 is 19.1 Å². The quantitative estimate of drug-likeness (QED) is 0.775. The predicted octanol–water partition coefficient (Wildman–Crippen LogP) is 0.745. The van der Waals surface area contributed by atoms with Crippen LogP contribution in [0.25, 0.3) is 0 Å². The molecule has 5 nitrogen and oxygen atoms in total. The second kappa shape index (κ2) is 3.95. The lowest BCUT2D eigenvalue weighted by Crippen LogP contribution is -2.31. The number of rotatable bonds is 3. The molecule has 0 radical (unpaired) electrons. The monoisotopic (exact) mass is 197 g/mol. The highest BCUT2D eigenvalue weighted by Gasteiger charge is 2.16. The van der Waals surface area contributed by atoms with Gasteiger partial charge in [-0.25, -0.2) is 0 Å². The molecule has 1 aromatic heterocycles. The maximum absolute atomic E-state index is 11.5. The van der Waals surface area contributed by atoms with Crippen LogP contribution in [0.4, 0.5) is 0 Å². The zero-order valence-electron chi connectivity index (χ0n) is 7.98. The van der Waals surface area contributed by atoms with E-state index >= 15 is 0 Å². The summed E-state index contributed by atoms with van der Waals surface area (Å²) in [5, 5.41) is 8.46. The van der Waals surface area contributed by atoms with Crippen molar-refractivity contribution in [2.45, 2.75) is 6.92 Å². The Balaban J connectivity index is 2.70. The van der Waals surface area contributed by atoms with Crippen molar-refractivity contribution in [3.8, 4) is 0 Å². The lowest BCUT2D eigenvalue weighted by atomic mass is 10.4. The third kappa shape index (κ3) is 2.35. The predicted molar refractivity (Wildman–Crippen MR) is 48.0 cm³/mol. The maximum Gasteiger partial charge on any atom is 0.323 e. The van der Waals surface area contributed by atoms with E-state index in [4.69, 9.17) is 9.52 Å². The number of aryl methyl sites for hydroxylation is 1. The number of aliphatic carboxylic acids is 1. The Morgan fingerprint density at radius 2 is 2.14 bits per heavy atom. The highest BCUT2D eigenvalue weighted by molar-refractivity contribution is 5.93. The Morgan fingerprint density at radius 3 is 2.57 bits per heavy atom. The highest BCUT2D eigenvalue weighted by atomic mass is 16.4. The number of furan rings is 1. The van der Waals surface area contributed by atoms with Crippen molar-refractivity contribution >= 4 is 11.9 Å². The normalized spacial score (nSPS) is 9.86. The summed E-state index contributed by atoms with van der Waals surface area (Å²) in [5.74, 6) is -0.701. The topological polar surface area (TPSA) is 70.8 Å². The van der Waals surface area contributed by atoms with E-state index < -0.39 is 11.9 Å². The number of carboxylic acid groups (broad SMARTS) is 1. The van der Waals surface area contributed by atoms with Gasteiger partial charge in [-0.05, 0) is 19.1 Å². The molecule has 1 aromatic rings. The molecule has 0 spiro atoms. The fourth-order valence-electron chi connectivity index (χ4n) is 1.01. The third-order valence-corrected chi connectivity index (χ3v) is 1.67. The Kier molecular flexibility index (Phi) is 2.91. The fourth-order valence-corrected chi connectivity index (χ4v) is 1.01. The van der Waals surface area contributed by atoms with Crippen LogP contribution < -0.4 is 0 Å². The molecule has 5 heteroatoms. The zero-order chi connectivity index (χ0) is 10.7. The van der Waals surface area contributed by atoms with Crippen molar-refractivity contribution in [1.29, 1.82) is 0 Å². The average Bonchev–Trinajstić information content (AvgIpc) is 2.49. The molecule has 1 rings (SSSR count). The van der Waals surface area contributed by atoms with Crippen LogP contribution in [0.3, 0.4) is 0 Å². The summed E-state index contributed by atoms with van der Waals surface area (Å²) in [4.78, 5) is 22.9. The van der Waals surface area contributed by atoms with Crippen LogP contribution >= 0.6 is 0 Å². The van der Waals surface area contributed by atoms with Gasteiger partial charge < -0.3 is 14.4 Å². The van der Waals surface area contributed by atoms with E-state index in [9.17, 15) is 9.59 Å². The van der Waals surface area contributed by atoms with Gasteiger partial charge in [-0.2, -0.15) is 0 Å². The lowest BCUT2D eigenvalue weighted by Gasteiger charge is -2.11. The Bertz CT molecular complexity index is 355. The third-order valence-electron chi connectivity index (χ3n) is 1.67. The number of carbonyl (C=O) groups is 2. The van der Waals surface area contributed by atoms with Crippen LogP contribution in [0, 0.1) is 6.92 Å². The maximum atomic E-state index is 11.5. The summed E-state index contributed by atoms with van der Waals surface area (Å²) in [6.07, 6.45) is 0. The van der Waals surface area contributed by atoms with Gasteiger partial charge >= 0.3 is 5.97 Å². The van der Waals surface area contributed by atoms with E-state index in [2.05, 4.69) is 0 Å². The van der Waals surface area contributed by atoms with Crippen LogP contribution in [0.1, 0.15) is 16.3 Å². The molecule has 0 atom stereocenters. The molecule has 76 valence electrons. The molecule has 14 heavy (non-hydrogen) atoms. The first-order valence-electron chi connectivity index (χ1n) is 4.04. The molecule has 0 aromatic carbocycles. The minimum Gasteiger partial charge on any atom is -0.480 e. The minimum absolute atomic E-state index is 0.159. The molecule has 0 aliphatic carbocycles. The van der Waals surface area contributed by atoms with Crippen molar-refractivity contribution in [1.82, 2.24) is 4.90 Å². The van der Waals surface area contributed by atoms with E-state index in [1.165, 1.54) is 13.1 Å². The summed E-state index contributed by atoms with van der Waals surface area (Å²) >= 11 is 0. The van der Waals surface area contributed by atoms with Gasteiger partial charge in [0, 0.05) is 7.05 Å². The average molecular weight is 197 g/mol. The van der Waals surface area contributed by atoms with Crippen LogP contribution in [0.5, 0.6) is 0 Å². The highest BCUT2D eigenvalue weighted by Crippen LogP contribution is 2.08. The molecule has 0 bridgehead atoms. The van der Waals surface area contributed by atoms with E-state index in [1.807, 2.05) is 0 Å². The molecule has 0 aliphatic rings. The molecule has 1 heterocycles. The SMILES string of the molecule is Cc1ccc(C(=O)N(C)CC(=O)O)o1. The van der Waals surface area contributed by atoms with Crippen LogP contribution in [0.2, 0.25) is 0 Å². The number of hydrogen-bond acceptors (Lipinski definition) is 3. The standard InChI is InChI=1S/C9H11NO4/c1-6-3-4-7(14-6)9(13)10(2)5-8(11)12/h3-4H,5H2,1-2H3,(H,11,12). The molecule has 0 unspecified atom stereocenters. The molecule has 0 fully saturated rings. The van der Waals surface area contributed by atoms with Crippen LogP contribution in [0.15, 0.2) is 16.5 Å². The van der Waals surface area contributed by atoms with Crippen molar-refractivity contribution in [2.24, 2.45) is 0 Å². The van der Waals surface area contributed by atoms with Gasteiger partial charge in [-0.3, -0.25) is 9.59 Å². The van der Waals surface area contributed by atoms with E-state index in [0.29, 0.717) is 5.76 Å². The number of carbonyl (C=O) groups excluding carboxylic acids is 1. The molecule has 0 saturated carbocycles. The van der Waals surface area contributed by atoms with Crippen molar-refractivity contribution in [3.05, 3.63) is 23.7 Å². The number of hydrogen-bond donors (Lipinski definition) is 1. The first-order valence-corrected chi connectivity index (χ1v) is 4.04. The molecular weight excluding hydrogens is 186 g/mol. The molecule has 0 saturated heterocycles. The van der Waals surface area contributed by atoms with Gasteiger partial charge in [0.15, 0.2) is 5.76 Å². The van der Waals surface area contributed by atoms with Crippen molar-refractivity contribution in [3.63, 3.8) is 0 Å². The first-order chi connectivity index (χ1) is 6.50. The largest absolute Gasteiger partial charge is 0.480 e. The van der Waals surface area contributed by atoms with Gasteiger partial charge in [0.05, 0.1) is 0 Å². The minimum atomic E-state index is -1.05. The number of nitrogens with zero attached hydrogens (tertiary/aromatic N) is 1. The smallest absolute Gasteiger partial charge is 0.323 e. The Labute approximate surface area is 80.9 Å². The van der Waals surface area contributed by atoms with Crippen LogP contribution in [-0.4, -0.2) is 35.5 Å². The summed E-state index contributed by atoms with van der Waals surface area (Å²) in [7, 11) is 1.41. The van der Waals surface area contributed by atoms with Crippen molar-refractivity contribution in [2.75, 3.05) is 13.6 Å². The van der Waals surface area contributed by atoms with E-state index in [0.717, 1.165) is 4.90 Å². The van der Waals surface area contributed by atoms with Gasteiger partial charge in [0.25, 0.3) is 5.91 Å². The lowest BCUT2D eigenvalue weighted by molar-refractivity contribution is -0.137. The summed E-state index contributed by atoms with van der Waals surface area (Å²) in [6.45, 7) is 1.38. The van der Waals surface area contributed by atoms with E-state index in [-0.39, 0.29) is 12.3 Å². The number of likely N-dealkylation sites (N-methyl/N-ethyl adjacent to an activating group) is 1. The van der Waals surface area contributed by atoms with E-state index in [1.54, 1.807) is 13.0 Å². The van der Waals surface area contributed by atoms with Gasteiger partial charge in [-0.1, -0.05) is 0 Å². The second-order valence-electron chi connectivity index (χ2n) is 2.97. The first kappa shape index (κ1) is 10.3. The number of amides is 1. The fraction of sp³-hybridized carbons (Fsp3) is 0.333. The Hall–Kier alpha value is -1.78. The summed E-state index contributed by atoms with van der Waals surface area (Å²) < 4.78 is 5.06. The molecule has 1 amide bonds. The van der Waals surface area contributed by atoms with Crippen LogP contribution in [-0.2, 0) is 4.79 Å².